The summed E-state index contributed by atoms with van der Waals surface area (Å²) in [5, 5.41) is 5.09. The average molecular weight is 316 g/mol. The zero-order valence-electron chi connectivity index (χ0n) is 9.63. The molecule has 0 spiro atoms. The standard InChI is InChI=1S/C11H7Cl2N3O2S/c1-6-9(19(13,17)18)11-14-10(12)7-4-2-3-5-8(7)16(11)15-6/h2-5H,1H3. The van der Waals surface area contributed by atoms with Gasteiger partial charge in [0, 0.05) is 16.1 Å². The monoisotopic (exact) mass is 315 g/mol. The maximum absolute atomic E-state index is 11.6. The second kappa shape index (κ2) is 4.06. The van der Waals surface area contributed by atoms with Crippen LogP contribution in [0, 0.1) is 6.92 Å². The Hall–Kier alpha value is -1.37. The number of aromatic nitrogens is 3. The lowest BCUT2D eigenvalue weighted by molar-refractivity contribution is 0.609. The Morgan fingerprint density at radius 2 is 1.95 bits per heavy atom. The van der Waals surface area contributed by atoms with Crippen LogP contribution in [0.3, 0.4) is 0 Å². The van der Waals surface area contributed by atoms with Gasteiger partial charge in [-0.05, 0) is 19.1 Å². The van der Waals surface area contributed by atoms with Gasteiger partial charge < -0.3 is 0 Å². The lowest BCUT2D eigenvalue weighted by atomic mass is 10.2. The fourth-order valence-electron chi connectivity index (χ4n) is 2.04. The van der Waals surface area contributed by atoms with E-state index in [4.69, 9.17) is 22.3 Å². The number of aryl methyl sites for hydroxylation is 1. The van der Waals surface area contributed by atoms with Crippen molar-refractivity contribution < 1.29 is 8.42 Å². The average Bonchev–Trinajstić information content (AvgIpc) is 2.65. The van der Waals surface area contributed by atoms with Gasteiger partial charge in [-0.1, -0.05) is 23.7 Å². The molecule has 0 fully saturated rings. The van der Waals surface area contributed by atoms with E-state index in [1.807, 2.05) is 12.1 Å². The zero-order chi connectivity index (χ0) is 13.8. The van der Waals surface area contributed by atoms with Gasteiger partial charge in [-0.2, -0.15) is 5.10 Å². The van der Waals surface area contributed by atoms with Crippen LogP contribution in [0.2, 0.25) is 5.15 Å². The maximum Gasteiger partial charge on any atom is 0.266 e. The van der Waals surface area contributed by atoms with Crippen LogP contribution in [0.15, 0.2) is 29.2 Å². The Morgan fingerprint density at radius 1 is 1.26 bits per heavy atom. The highest BCUT2D eigenvalue weighted by Gasteiger charge is 2.24. The summed E-state index contributed by atoms with van der Waals surface area (Å²) < 4.78 is 24.6. The van der Waals surface area contributed by atoms with E-state index in [9.17, 15) is 8.42 Å². The van der Waals surface area contributed by atoms with Crippen LogP contribution in [-0.2, 0) is 9.05 Å². The van der Waals surface area contributed by atoms with E-state index in [2.05, 4.69) is 10.1 Å². The molecule has 3 aromatic rings. The van der Waals surface area contributed by atoms with Crippen molar-refractivity contribution >= 4 is 47.9 Å². The molecule has 0 amide bonds. The second-order valence-corrected chi connectivity index (χ2v) is 6.87. The van der Waals surface area contributed by atoms with Crippen molar-refractivity contribution in [3.8, 4) is 0 Å². The molecule has 0 saturated heterocycles. The van der Waals surface area contributed by atoms with E-state index < -0.39 is 9.05 Å². The molecule has 0 unspecified atom stereocenters. The van der Waals surface area contributed by atoms with E-state index >= 15 is 0 Å². The molecule has 98 valence electrons. The quantitative estimate of drug-likeness (QED) is 0.511. The summed E-state index contributed by atoms with van der Waals surface area (Å²) in [6.07, 6.45) is 0. The van der Waals surface area contributed by atoms with Crippen LogP contribution in [-0.4, -0.2) is 23.0 Å². The summed E-state index contributed by atoms with van der Waals surface area (Å²) in [5.41, 5.74) is 1.10. The number of para-hydroxylation sites is 1. The minimum Gasteiger partial charge on any atom is -0.215 e. The Labute approximate surface area is 118 Å². The number of nitrogens with zero attached hydrogens (tertiary/aromatic N) is 3. The van der Waals surface area contributed by atoms with E-state index in [0.29, 0.717) is 10.9 Å². The van der Waals surface area contributed by atoms with Crippen molar-refractivity contribution in [3.63, 3.8) is 0 Å². The lowest BCUT2D eigenvalue weighted by Crippen LogP contribution is -1.97. The van der Waals surface area contributed by atoms with Gasteiger partial charge >= 0.3 is 0 Å². The Kier molecular flexibility index (Phi) is 2.70. The van der Waals surface area contributed by atoms with Crippen LogP contribution in [0.5, 0.6) is 0 Å². The minimum atomic E-state index is -3.93. The summed E-state index contributed by atoms with van der Waals surface area (Å²) >= 11 is 6.08. The first-order valence-corrected chi connectivity index (χ1v) is 7.96. The first-order chi connectivity index (χ1) is 8.89. The van der Waals surface area contributed by atoms with Crippen molar-refractivity contribution in [1.82, 2.24) is 14.6 Å². The Bertz CT molecular complexity index is 918. The van der Waals surface area contributed by atoms with Crippen LogP contribution < -0.4 is 0 Å². The molecule has 0 N–H and O–H groups in total. The first-order valence-electron chi connectivity index (χ1n) is 5.28. The largest absolute Gasteiger partial charge is 0.266 e. The van der Waals surface area contributed by atoms with Crippen LogP contribution in [0.25, 0.3) is 16.6 Å². The third kappa shape index (κ3) is 1.87. The molecule has 2 aromatic heterocycles. The SMILES string of the molecule is Cc1nn2c(nc(Cl)c3ccccc32)c1S(=O)(=O)Cl. The summed E-state index contributed by atoms with van der Waals surface area (Å²) in [4.78, 5) is 3.98. The summed E-state index contributed by atoms with van der Waals surface area (Å²) in [7, 11) is 1.49. The molecular weight excluding hydrogens is 309 g/mol. The highest BCUT2D eigenvalue weighted by atomic mass is 35.7. The van der Waals surface area contributed by atoms with Gasteiger partial charge in [0.25, 0.3) is 9.05 Å². The maximum atomic E-state index is 11.6. The van der Waals surface area contributed by atoms with E-state index in [-0.39, 0.29) is 21.4 Å². The third-order valence-corrected chi connectivity index (χ3v) is 4.50. The number of halogens is 2. The number of rotatable bonds is 1. The molecule has 8 heteroatoms. The molecule has 0 aliphatic carbocycles. The summed E-state index contributed by atoms with van der Waals surface area (Å²) in [5.74, 6) is 0. The smallest absolute Gasteiger partial charge is 0.215 e. The zero-order valence-corrected chi connectivity index (χ0v) is 12.0. The van der Waals surface area contributed by atoms with Gasteiger partial charge in [0.15, 0.2) is 5.65 Å². The number of fused-ring (bicyclic) bond motifs is 3. The summed E-state index contributed by atoms with van der Waals surface area (Å²) in [6.45, 7) is 1.56. The molecule has 19 heavy (non-hydrogen) atoms. The predicted octanol–water partition coefficient (Wildman–Crippen LogP) is 2.77. The molecule has 0 atom stereocenters. The van der Waals surface area contributed by atoms with Gasteiger partial charge in [0.1, 0.15) is 10.0 Å². The van der Waals surface area contributed by atoms with Gasteiger partial charge in [0.2, 0.25) is 0 Å². The number of hydrogen-bond acceptors (Lipinski definition) is 4. The van der Waals surface area contributed by atoms with E-state index in [0.717, 1.165) is 0 Å². The van der Waals surface area contributed by atoms with Crippen molar-refractivity contribution in [2.75, 3.05) is 0 Å². The molecule has 0 radical (unpaired) electrons. The topological polar surface area (TPSA) is 64.3 Å². The van der Waals surface area contributed by atoms with Gasteiger partial charge in [-0.3, -0.25) is 0 Å². The van der Waals surface area contributed by atoms with Crippen molar-refractivity contribution in [2.45, 2.75) is 11.8 Å². The third-order valence-electron chi connectivity index (χ3n) is 2.78. The predicted molar refractivity (Wildman–Crippen MR) is 73.3 cm³/mol. The molecular formula is C11H7Cl2N3O2S. The van der Waals surface area contributed by atoms with E-state index in [1.54, 1.807) is 19.1 Å². The first kappa shape index (κ1) is 12.7. The highest BCUT2D eigenvalue weighted by Crippen LogP contribution is 2.29. The molecule has 5 nitrogen and oxygen atoms in total. The van der Waals surface area contributed by atoms with Crippen molar-refractivity contribution in [1.29, 1.82) is 0 Å². The number of hydrogen-bond donors (Lipinski definition) is 0. The normalized spacial score (nSPS) is 12.4. The molecule has 0 aliphatic heterocycles. The van der Waals surface area contributed by atoms with Gasteiger partial charge in [-0.25, -0.2) is 17.9 Å². The molecule has 0 aliphatic rings. The van der Waals surface area contributed by atoms with Crippen LogP contribution >= 0.6 is 22.3 Å². The second-order valence-electron chi connectivity index (χ2n) is 4.01. The van der Waals surface area contributed by atoms with Gasteiger partial charge in [0.05, 0.1) is 11.2 Å². The molecule has 0 bridgehead atoms. The molecule has 3 rings (SSSR count). The van der Waals surface area contributed by atoms with Crippen molar-refractivity contribution in [3.05, 3.63) is 35.1 Å². The molecule has 2 heterocycles. The fraction of sp³-hybridized carbons (Fsp3) is 0.0909. The minimum absolute atomic E-state index is 0.109. The molecule has 0 saturated carbocycles. The fourth-order valence-corrected chi connectivity index (χ4v) is 3.56. The Balaban J connectivity index is 2.62. The van der Waals surface area contributed by atoms with Crippen molar-refractivity contribution in [2.24, 2.45) is 0 Å². The van der Waals surface area contributed by atoms with Gasteiger partial charge in [-0.15, -0.1) is 0 Å². The summed E-state index contributed by atoms with van der Waals surface area (Å²) in [6, 6.07) is 7.20. The molecule has 1 aromatic carbocycles. The number of benzene rings is 1. The van der Waals surface area contributed by atoms with E-state index in [1.165, 1.54) is 4.52 Å². The highest BCUT2D eigenvalue weighted by molar-refractivity contribution is 8.14. The Morgan fingerprint density at radius 3 is 2.63 bits per heavy atom. The van der Waals surface area contributed by atoms with Crippen LogP contribution in [0.1, 0.15) is 5.69 Å². The lowest BCUT2D eigenvalue weighted by Gasteiger charge is -2.03. The van der Waals surface area contributed by atoms with Crippen LogP contribution in [0.4, 0.5) is 0 Å².